The SMILES string of the molecule is COc1ccc(-c2c(CN)c3ccccc3n2C)cc1. The molecule has 1 aromatic heterocycles. The lowest BCUT2D eigenvalue weighted by Gasteiger charge is -2.08. The third kappa shape index (κ3) is 1.87. The van der Waals surface area contributed by atoms with Gasteiger partial charge in [-0.25, -0.2) is 0 Å². The molecule has 3 nitrogen and oxygen atoms in total. The van der Waals surface area contributed by atoms with Crippen molar-refractivity contribution in [1.82, 2.24) is 4.57 Å². The number of ether oxygens (including phenoxy) is 1. The van der Waals surface area contributed by atoms with Crippen LogP contribution >= 0.6 is 0 Å². The number of para-hydroxylation sites is 1. The molecule has 3 heteroatoms. The number of nitrogens with two attached hydrogens (primary N) is 1. The average Bonchev–Trinajstić information content (AvgIpc) is 2.80. The average molecular weight is 266 g/mol. The van der Waals surface area contributed by atoms with Crippen LogP contribution in [0.1, 0.15) is 5.56 Å². The van der Waals surface area contributed by atoms with Gasteiger partial charge in [0.05, 0.1) is 12.8 Å². The molecule has 0 bridgehead atoms. The molecule has 20 heavy (non-hydrogen) atoms. The van der Waals surface area contributed by atoms with E-state index in [0.29, 0.717) is 6.54 Å². The molecule has 0 saturated heterocycles. The monoisotopic (exact) mass is 266 g/mol. The van der Waals surface area contributed by atoms with E-state index in [4.69, 9.17) is 10.5 Å². The first kappa shape index (κ1) is 12.8. The van der Waals surface area contributed by atoms with Crippen LogP contribution in [0.25, 0.3) is 22.2 Å². The van der Waals surface area contributed by atoms with E-state index in [9.17, 15) is 0 Å². The summed E-state index contributed by atoms with van der Waals surface area (Å²) in [7, 11) is 3.76. The van der Waals surface area contributed by atoms with Gasteiger partial charge in [0.2, 0.25) is 0 Å². The normalized spacial score (nSPS) is 10.9. The lowest BCUT2D eigenvalue weighted by atomic mass is 10.1. The van der Waals surface area contributed by atoms with Crippen molar-refractivity contribution >= 4 is 10.9 Å². The van der Waals surface area contributed by atoms with Crippen molar-refractivity contribution in [2.24, 2.45) is 12.8 Å². The van der Waals surface area contributed by atoms with E-state index in [1.54, 1.807) is 7.11 Å². The van der Waals surface area contributed by atoms with Gasteiger partial charge in [0.25, 0.3) is 0 Å². The van der Waals surface area contributed by atoms with Crippen LogP contribution in [0.2, 0.25) is 0 Å². The maximum absolute atomic E-state index is 5.99. The van der Waals surface area contributed by atoms with Gasteiger partial charge in [-0.05, 0) is 41.5 Å². The van der Waals surface area contributed by atoms with Crippen molar-refractivity contribution in [2.45, 2.75) is 6.54 Å². The Morgan fingerprint density at radius 1 is 1.05 bits per heavy atom. The van der Waals surface area contributed by atoms with E-state index in [2.05, 4.69) is 48.0 Å². The van der Waals surface area contributed by atoms with Crippen molar-refractivity contribution in [2.75, 3.05) is 7.11 Å². The second-order valence-corrected chi connectivity index (χ2v) is 4.84. The second-order valence-electron chi connectivity index (χ2n) is 4.84. The Morgan fingerprint density at radius 2 is 1.75 bits per heavy atom. The second kappa shape index (κ2) is 5.02. The summed E-state index contributed by atoms with van der Waals surface area (Å²) in [6.45, 7) is 0.530. The van der Waals surface area contributed by atoms with Crippen LogP contribution in [0.5, 0.6) is 5.75 Å². The number of nitrogens with zero attached hydrogens (tertiary/aromatic N) is 1. The first-order valence-electron chi connectivity index (χ1n) is 6.67. The zero-order chi connectivity index (χ0) is 14.1. The predicted molar refractivity (Wildman–Crippen MR) is 82.8 cm³/mol. The fourth-order valence-corrected chi connectivity index (χ4v) is 2.80. The molecule has 0 unspecified atom stereocenters. The third-order valence-electron chi connectivity index (χ3n) is 3.78. The molecule has 3 rings (SSSR count). The van der Waals surface area contributed by atoms with E-state index in [0.717, 1.165) is 11.3 Å². The summed E-state index contributed by atoms with van der Waals surface area (Å²) in [4.78, 5) is 0. The smallest absolute Gasteiger partial charge is 0.118 e. The van der Waals surface area contributed by atoms with Crippen LogP contribution in [0.3, 0.4) is 0 Å². The van der Waals surface area contributed by atoms with Crippen molar-refractivity contribution < 1.29 is 4.74 Å². The molecule has 0 atom stereocenters. The highest BCUT2D eigenvalue weighted by atomic mass is 16.5. The standard InChI is InChI=1S/C17H18N2O/c1-19-16-6-4-3-5-14(16)15(11-18)17(19)12-7-9-13(20-2)10-8-12/h3-10H,11,18H2,1-2H3. The molecule has 0 fully saturated rings. The number of aryl methyl sites for hydroxylation is 1. The van der Waals surface area contributed by atoms with Crippen molar-refractivity contribution in [1.29, 1.82) is 0 Å². The molecule has 1 heterocycles. The highest BCUT2D eigenvalue weighted by Crippen LogP contribution is 2.33. The van der Waals surface area contributed by atoms with Crippen LogP contribution < -0.4 is 10.5 Å². The Kier molecular flexibility index (Phi) is 3.20. The minimum Gasteiger partial charge on any atom is -0.497 e. The van der Waals surface area contributed by atoms with Gasteiger partial charge < -0.3 is 15.0 Å². The van der Waals surface area contributed by atoms with Gasteiger partial charge in [-0.1, -0.05) is 18.2 Å². The number of rotatable bonds is 3. The quantitative estimate of drug-likeness (QED) is 0.790. The van der Waals surface area contributed by atoms with E-state index < -0.39 is 0 Å². The van der Waals surface area contributed by atoms with Crippen molar-refractivity contribution in [3.63, 3.8) is 0 Å². The zero-order valence-corrected chi connectivity index (χ0v) is 11.8. The van der Waals surface area contributed by atoms with Crippen LogP contribution in [-0.4, -0.2) is 11.7 Å². The van der Waals surface area contributed by atoms with Crippen LogP contribution in [0.4, 0.5) is 0 Å². The zero-order valence-electron chi connectivity index (χ0n) is 11.8. The third-order valence-corrected chi connectivity index (χ3v) is 3.78. The predicted octanol–water partition coefficient (Wildman–Crippen LogP) is 3.31. The van der Waals surface area contributed by atoms with Gasteiger partial charge in [-0.15, -0.1) is 0 Å². The Morgan fingerprint density at radius 3 is 2.40 bits per heavy atom. The van der Waals surface area contributed by atoms with Crippen LogP contribution in [0.15, 0.2) is 48.5 Å². The summed E-state index contributed by atoms with van der Waals surface area (Å²) in [5.74, 6) is 0.863. The van der Waals surface area contributed by atoms with E-state index >= 15 is 0 Å². The number of fused-ring (bicyclic) bond motifs is 1. The Balaban J connectivity index is 2.26. The van der Waals surface area contributed by atoms with Crippen molar-refractivity contribution in [3.05, 3.63) is 54.1 Å². The molecule has 0 amide bonds. The van der Waals surface area contributed by atoms with Gasteiger partial charge in [-0.3, -0.25) is 0 Å². The lowest BCUT2D eigenvalue weighted by molar-refractivity contribution is 0.415. The maximum atomic E-state index is 5.99. The molecule has 0 aliphatic rings. The Hall–Kier alpha value is -2.26. The molecular weight excluding hydrogens is 248 g/mol. The Bertz CT molecular complexity index is 742. The lowest BCUT2D eigenvalue weighted by Crippen LogP contribution is -2.00. The maximum Gasteiger partial charge on any atom is 0.118 e. The number of methoxy groups -OCH3 is 1. The largest absolute Gasteiger partial charge is 0.497 e. The van der Waals surface area contributed by atoms with Gasteiger partial charge in [0.1, 0.15) is 5.75 Å². The first-order valence-corrected chi connectivity index (χ1v) is 6.67. The van der Waals surface area contributed by atoms with Gasteiger partial charge >= 0.3 is 0 Å². The first-order chi connectivity index (χ1) is 9.76. The molecule has 0 radical (unpaired) electrons. The fourth-order valence-electron chi connectivity index (χ4n) is 2.80. The molecule has 3 aromatic rings. The van der Waals surface area contributed by atoms with E-state index in [1.165, 1.54) is 22.2 Å². The topological polar surface area (TPSA) is 40.2 Å². The molecule has 0 aliphatic carbocycles. The Labute approximate surface area is 118 Å². The molecule has 2 N–H and O–H groups in total. The molecule has 102 valence electrons. The van der Waals surface area contributed by atoms with Crippen LogP contribution in [-0.2, 0) is 13.6 Å². The summed E-state index contributed by atoms with van der Waals surface area (Å²) in [6, 6.07) is 16.5. The van der Waals surface area contributed by atoms with Gasteiger partial charge in [-0.2, -0.15) is 0 Å². The molecule has 0 aliphatic heterocycles. The molecule has 2 aromatic carbocycles. The van der Waals surface area contributed by atoms with E-state index in [1.807, 2.05) is 12.1 Å². The number of benzene rings is 2. The van der Waals surface area contributed by atoms with Gasteiger partial charge in [0.15, 0.2) is 0 Å². The van der Waals surface area contributed by atoms with E-state index in [-0.39, 0.29) is 0 Å². The highest BCUT2D eigenvalue weighted by molar-refractivity contribution is 5.91. The minimum atomic E-state index is 0.530. The molecular formula is C17H18N2O. The van der Waals surface area contributed by atoms with Crippen LogP contribution in [0, 0.1) is 0 Å². The number of aromatic nitrogens is 1. The summed E-state index contributed by atoms with van der Waals surface area (Å²) in [5.41, 5.74) is 10.7. The summed E-state index contributed by atoms with van der Waals surface area (Å²) in [6.07, 6.45) is 0. The molecule has 0 spiro atoms. The summed E-state index contributed by atoms with van der Waals surface area (Å²) < 4.78 is 7.43. The number of hydrogen-bond donors (Lipinski definition) is 1. The van der Waals surface area contributed by atoms with Crippen molar-refractivity contribution in [3.8, 4) is 17.0 Å². The minimum absolute atomic E-state index is 0.530. The summed E-state index contributed by atoms with van der Waals surface area (Å²) in [5, 5.41) is 1.23. The summed E-state index contributed by atoms with van der Waals surface area (Å²) >= 11 is 0. The fraction of sp³-hybridized carbons (Fsp3) is 0.176. The van der Waals surface area contributed by atoms with Gasteiger partial charge in [0, 0.05) is 24.5 Å². The molecule has 0 saturated carbocycles. The number of hydrogen-bond acceptors (Lipinski definition) is 2. The highest BCUT2D eigenvalue weighted by Gasteiger charge is 2.14.